The summed E-state index contributed by atoms with van der Waals surface area (Å²) in [6.45, 7) is 0.938. The lowest BCUT2D eigenvalue weighted by atomic mass is 10.1. The van der Waals surface area contributed by atoms with Crippen LogP contribution >= 0.6 is 11.8 Å². The molecule has 2 atom stereocenters. The topological polar surface area (TPSA) is 12.0 Å². The monoisotopic (exact) mass is 221 g/mol. The fraction of sp³-hybridized carbons (Fsp3) is 1.00. The first-order valence-electron chi connectivity index (χ1n) is 5.35. The van der Waals surface area contributed by atoms with Crippen molar-refractivity contribution in [2.45, 2.75) is 37.6 Å². The first kappa shape index (κ1) is 10.7. The minimum Gasteiger partial charge on any atom is -0.313 e. The van der Waals surface area contributed by atoms with Crippen LogP contribution in [0.4, 0.5) is 8.78 Å². The van der Waals surface area contributed by atoms with Crippen LogP contribution in [0, 0.1) is 5.92 Å². The Morgan fingerprint density at radius 1 is 1.36 bits per heavy atom. The van der Waals surface area contributed by atoms with Gasteiger partial charge in [-0.1, -0.05) is 0 Å². The first-order chi connectivity index (χ1) is 6.66. The highest BCUT2D eigenvalue weighted by atomic mass is 32.2. The Balaban J connectivity index is 1.66. The zero-order chi connectivity index (χ0) is 10.0. The Labute approximate surface area is 88.0 Å². The van der Waals surface area contributed by atoms with E-state index in [9.17, 15) is 8.78 Å². The molecule has 14 heavy (non-hydrogen) atoms. The molecule has 1 aliphatic heterocycles. The van der Waals surface area contributed by atoms with Gasteiger partial charge in [0, 0.05) is 18.9 Å². The zero-order valence-corrected chi connectivity index (χ0v) is 9.09. The molecule has 1 heterocycles. The lowest BCUT2D eigenvalue weighted by Gasteiger charge is -2.15. The lowest BCUT2D eigenvalue weighted by molar-refractivity contribution is 0.00685. The zero-order valence-electron chi connectivity index (χ0n) is 8.27. The molecule has 2 fully saturated rings. The normalized spacial score (nSPS) is 36.4. The van der Waals surface area contributed by atoms with Gasteiger partial charge in [0.25, 0.3) is 0 Å². The Morgan fingerprint density at radius 3 is 2.79 bits per heavy atom. The molecule has 1 N–H and O–H groups in total. The highest BCUT2D eigenvalue weighted by molar-refractivity contribution is 7.99. The molecule has 82 valence electrons. The van der Waals surface area contributed by atoms with Crippen LogP contribution in [-0.4, -0.2) is 30.0 Å². The van der Waals surface area contributed by atoms with Crippen molar-refractivity contribution in [2.75, 3.05) is 18.1 Å². The van der Waals surface area contributed by atoms with Gasteiger partial charge in [0.2, 0.25) is 5.92 Å². The molecule has 2 rings (SSSR count). The maximum absolute atomic E-state index is 12.9. The molecule has 0 spiro atoms. The fourth-order valence-electron chi connectivity index (χ4n) is 2.20. The van der Waals surface area contributed by atoms with Gasteiger partial charge in [-0.2, -0.15) is 11.8 Å². The van der Waals surface area contributed by atoms with Crippen molar-refractivity contribution in [1.82, 2.24) is 5.32 Å². The van der Waals surface area contributed by atoms with E-state index >= 15 is 0 Å². The minimum absolute atomic E-state index is 0.0485. The van der Waals surface area contributed by atoms with Crippen molar-refractivity contribution < 1.29 is 8.78 Å². The maximum Gasteiger partial charge on any atom is 0.249 e. The minimum atomic E-state index is -2.40. The number of thioether (sulfide) groups is 1. The third-order valence-corrected chi connectivity index (χ3v) is 4.35. The smallest absolute Gasteiger partial charge is 0.249 e. The van der Waals surface area contributed by atoms with Gasteiger partial charge in [0.15, 0.2) is 0 Å². The molecular formula is C10H17F2NS. The molecule has 2 aliphatic rings. The van der Waals surface area contributed by atoms with E-state index in [1.807, 2.05) is 11.8 Å². The van der Waals surface area contributed by atoms with E-state index < -0.39 is 5.92 Å². The standard InChI is InChI=1S/C10H17F2NS/c11-10(12)3-1-9(5-10)13-6-8-2-4-14-7-8/h8-9,13H,1-7H2. The van der Waals surface area contributed by atoms with Crippen molar-refractivity contribution in [3.63, 3.8) is 0 Å². The second-order valence-electron chi connectivity index (χ2n) is 4.43. The quantitative estimate of drug-likeness (QED) is 0.786. The molecule has 0 aromatic rings. The summed E-state index contributed by atoms with van der Waals surface area (Å²) in [5.41, 5.74) is 0. The summed E-state index contributed by atoms with van der Waals surface area (Å²) in [7, 11) is 0. The Kier molecular flexibility index (Phi) is 3.32. The summed E-state index contributed by atoms with van der Waals surface area (Å²) in [5.74, 6) is 0.764. The van der Waals surface area contributed by atoms with Crippen LogP contribution in [0.25, 0.3) is 0 Å². The summed E-state index contributed by atoms with van der Waals surface area (Å²) in [5, 5.41) is 3.29. The molecule has 1 saturated heterocycles. The number of alkyl halides is 2. The lowest BCUT2D eigenvalue weighted by Crippen LogP contribution is -2.32. The Hall–Kier alpha value is 0.170. The van der Waals surface area contributed by atoms with Gasteiger partial charge in [0.05, 0.1) is 0 Å². The average molecular weight is 221 g/mol. The van der Waals surface area contributed by atoms with Crippen molar-refractivity contribution in [2.24, 2.45) is 5.92 Å². The van der Waals surface area contributed by atoms with E-state index in [-0.39, 0.29) is 18.9 Å². The predicted octanol–water partition coefficient (Wildman–Crippen LogP) is 2.52. The summed E-state index contributed by atoms with van der Waals surface area (Å²) < 4.78 is 25.7. The van der Waals surface area contributed by atoms with Crippen molar-refractivity contribution in [1.29, 1.82) is 0 Å². The highest BCUT2D eigenvalue weighted by Crippen LogP contribution is 2.35. The number of rotatable bonds is 3. The van der Waals surface area contributed by atoms with Crippen molar-refractivity contribution >= 4 is 11.8 Å². The van der Waals surface area contributed by atoms with Gasteiger partial charge in [-0.05, 0) is 36.8 Å². The van der Waals surface area contributed by atoms with Crippen molar-refractivity contribution in [3.8, 4) is 0 Å². The Morgan fingerprint density at radius 2 is 2.21 bits per heavy atom. The van der Waals surface area contributed by atoms with Gasteiger partial charge in [-0.15, -0.1) is 0 Å². The van der Waals surface area contributed by atoms with Crippen LogP contribution in [0.3, 0.4) is 0 Å². The molecule has 0 radical (unpaired) electrons. The van der Waals surface area contributed by atoms with Crippen LogP contribution < -0.4 is 5.32 Å². The van der Waals surface area contributed by atoms with E-state index in [2.05, 4.69) is 5.32 Å². The molecule has 4 heteroatoms. The third kappa shape index (κ3) is 2.83. The van der Waals surface area contributed by atoms with Gasteiger partial charge >= 0.3 is 0 Å². The molecule has 2 unspecified atom stereocenters. The molecule has 0 bridgehead atoms. The highest BCUT2D eigenvalue weighted by Gasteiger charge is 2.39. The predicted molar refractivity (Wildman–Crippen MR) is 56.0 cm³/mol. The van der Waals surface area contributed by atoms with Gasteiger partial charge < -0.3 is 5.32 Å². The summed E-state index contributed by atoms with van der Waals surface area (Å²) in [6.07, 6.45) is 2.02. The average Bonchev–Trinajstić information content (AvgIpc) is 2.70. The number of halogens is 2. The molecular weight excluding hydrogens is 204 g/mol. The first-order valence-corrected chi connectivity index (χ1v) is 6.50. The SMILES string of the molecule is FC1(F)CCC(NCC2CCSC2)C1. The van der Waals surface area contributed by atoms with E-state index in [0.29, 0.717) is 12.3 Å². The second kappa shape index (κ2) is 4.35. The summed E-state index contributed by atoms with van der Waals surface area (Å²) in [4.78, 5) is 0. The molecule has 0 aromatic heterocycles. The molecule has 1 saturated carbocycles. The number of nitrogens with one attached hydrogen (secondary N) is 1. The third-order valence-electron chi connectivity index (χ3n) is 3.12. The van der Waals surface area contributed by atoms with Gasteiger partial charge in [-0.3, -0.25) is 0 Å². The van der Waals surface area contributed by atoms with Gasteiger partial charge in [-0.25, -0.2) is 8.78 Å². The summed E-state index contributed by atoms with van der Waals surface area (Å²) in [6, 6.07) is 0.0654. The van der Waals surface area contributed by atoms with E-state index in [4.69, 9.17) is 0 Å². The van der Waals surface area contributed by atoms with Crippen LogP contribution in [0.2, 0.25) is 0 Å². The largest absolute Gasteiger partial charge is 0.313 e. The van der Waals surface area contributed by atoms with E-state index in [1.54, 1.807) is 0 Å². The molecule has 1 aliphatic carbocycles. The van der Waals surface area contributed by atoms with Crippen LogP contribution in [-0.2, 0) is 0 Å². The Bertz CT molecular complexity index is 193. The molecule has 0 aromatic carbocycles. The van der Waals surface area contributed by atoms with Crippen LogP contribution in [0.5, 0.6) is 0 Å². The van der Waals surface area contributed by atoms with Gasteiger partial charge in [0.1, 0.15) is 0 Å². The molecule has 0 amide bonds. The molecule has 1 nitrogen and oxygen atoms in total. The van der Waals surface area contributed by atoms with Crippen LogP contribution in [0.1, 0.15) is 25.7 Å². The van der Waals surface area contributed by atoms with E-state index in [0.717, 1.165) is 6.54 Å². The van der Waals surface area contributed by atoms with Crippen molar-refractivity contribution in [3.05, 3.63) is 0 Å². The fourth-order valence-corrected chi connectivity index (χ4v) is 3.49. The van der Waals surface area contributed by atoms with Crippen LogP contribution in [0.15, 0.2) is 0 Å². The maximum atomic E-state index is 12.9. The number of hydrogen-bond donors (Lipinski definition) is 1. The van der Waals surface area contributed by atoms with E-state index in [1.165, 1.54) is 17.9 Å². The second-order valence-corrected chi connectivity index (χ2v) is 5.58. The number of hydrogen-bond acceptors (Lipinski definition) is 2. The summed E-state index contributed by atoms with van der Waals surface area (Å²) >= 11 is 1.98.